The van der Waals surface area contributed by atoms with E-state index in [4.69, 9.17) is 0 Å². The maximum atomic E-state index is 12.2. The highest BCUT2D eigenvalue weighted by Crippen LogP contribution is 2.13. The Kier molecular flexibility index (Phi) is 6.27. The molecule has 4 nitrogen and oxygen atoms in total. The molecular weight excluding hydrogens is 378 g/mol. The van der Waals surface area contributed by atoms with Gasteiger partial charge >= 0.3 is 5.97 Å². The molecule has 0 aromatic heterocycles. The van der Waals surface area contributed by atoms with Crippen molar-refractivity contribution in [3.05, 3.63) is 69.7 Å². The van der Waals surface area contributed by atoms with Crippen LogP contribution in [0.15, 0.2) is 63.5 Å². The molecule has 0 saturated heterocycles. The molecule has 23 heavy (non-hydrogen) atoms. The van der Waals surface area contributed by atoms with Crippen molar-refractivity contribution < 1.29 is 14.1 Å². The first-order valence-corrected chi connectivity index (χ1v) is 8.81. The summed E-state index contributed by atoms with van der Waals surface area (Å²) in [5.41, 5.74) is 1.99. The Labute approximate surface area is 146 Å². The lowest BCUT2D eigenvalue weighted by Crippen LogP contribution is -2.23. The molecule has 2 aromatic carbocycles. The van der Waals surface area contributed by atoms with E-state index in [2.05, 4.69) is 20.7 Å². The number of carboxylic acid groups (broad SMARTS) is 1. The summed E-state index contributed by atoms with van der Waals surface area (Å²) in [6.07, 6.45) is 1.56. The van der Waals surface area contributed by atoms with Crippen LogP contribution in [0.2, 0.25) is 0 Å². The van der Waals surface area contributed by atoms with Crippen molar-refractivity contribution in [3.63, 3.8) is 0 Å². The number of hydrogen-bond acceptors (Lipinski definition) is 2. The smallest absolute Gasteiger partial charge is 0.332 e. The SMILES string of the molecule is Cc1ccc(S(=O)NC/C(=C\c2ccc(Br)cc2)C(=O)O)cc1. The molecule has 0 fully saturated rings. The summed E-state index contributed by atoms with van der Waals surface area (Å²) in [5.74, 6) is -1.04. The monoisotopic (exact) mass is 393 g/mol. The van der Waals surface area contributed by atoms with Gasteiger partial charge in [-0.2, -0.15) is 0 Å². The summed E-state index contributed by atoms with van der Waals surface area (Å²) in [4.78, 5) is 12.0. The molecule has 0 aliphatic rings. The number of nitrogens with one attached hydrogen (secondary N) is 1. The largest absolute Gasteiger partial charge is 0.478 e. The maximum absolute atomic E-state index is 12.2. The number of carbonyl (C=O) groups is 1. The predicted molar refractivity (Wildman–Crippen MR) is 95.3 cm³/mol. The highest BCUT2D eigenvalue weighted by molar-refractivity contribution is 9.10. The van der Waals surface area contributed by atoms with Crippen molar-refractivity contribution in [2.45, 2.75) is 11.8 Å². The molecule has 0 bridgehead atoms. The van der Waals surface area contributed by atoms with E-state index in [0.29, 0.717) is 4.90 Å². The van der Waals surface area contributed by atoms with E-state index < -0.39 is 17.0 Å². The molecule has 0 aliphatic carbocycles. The topological polar surface area (TPSA) is 66.4 Å². The maximum Gasteiger partial charge on any atom is 0.332 e. The van der Waals surface area contributed by atoms with Crippen molar-refractivity contribution in [2.75, 3.05) is 6.54 Å². The average molecular weight is 394 g/mol. The zero-order chi connectivity index (χ0) is 16.8. The fourth-order valence-electron chi connectivity index (χ4n) is 1.84. The lowest BCUT2D eigenvalue weighted by molar-refractivity contribution is -0.132. The molecule has 120 valence electrons. The third-order valence-corrected chi connectivity index (χ3v) is 4.75. The summed E-state index contributed by atoms with van der Waals surface area (Å²) < 4.78 is 15.8. The van der Waals surface area contributed by atoms with E-state index in [1.165, 1.54) is 0 Å². The third kappa shape index (κ3) is 5.42. The number of aryl methyl sites for hydroxylation is 1. The van der Waals surface area contributed by atoms with E-state index in [-0.39, 0.29) is 12.1 Å². The predicted octanol–water partition coefficient (Wildman–Crippen LogP) is 3.54. The van der Waals surface area contributed by atoms with E-state index in [9.17, 15) is 14.1 Å². The Hall–Kier alpha value is -1.76. The van der Waals surface area contributed by atoms with Crippen LogP contribution in [-0.2, 0) is 15.8 Å². The summed E-state index contributed by atoms with van der Waals surface area (Å²) in [7, 11) is -1.45. The first-order chi connectivity index (χ1) is 11.0. The Balaban J connectivity index is 2.08. The lowest BCUT2D eigenvalue weighted by atomic mass is 10.1. The van der Waals surface area contributed by atoms with Gasteiger partial charge in [-0.3, -0.25) is 0 Å². The van der Waals surface area contributed by atoms with Crippen molar-refractivity contribution >= 4 is 39.0 Å². The van der Waals surface area contributed by atoms with Gasteiger partial charge in [0, 0.05) is 11.0 Å². The van der Waals surface area contributed by atoms with Gasteiger partial charge in [-0.05, 0) is 42.8 Å². The van der Waals surface area contributed by atoms with Gasteiger partial charge in [-0.1, -0.05) is 45.8 Å². The quantitative estimate of drug-likeness (QED) is 0.737. The molecule has 1 unspecified atom stereocenters. The second-order valence-electron chi connectivity index (χ2n) is 4.93. The second-order valence-corrected chi connectivity index (χ2v) is 7.14. The van der Waals surface area contributed by atoms with E-state index in [0.717, 1.165) is 15.6 Å². The molecule has 6 heteroatoms. The zero-order valence-electron chi connectivity index (χ0n) is 12.5. The number of benzene rings is 2. The Bertz CT molecular complexity index is 739. The van der Waals surface area contributed by atoms with E-state index >= 15 is 0 Å². The van der Waals surface area contributed by atoms with Gasteiger partial charge < -0.3 is 5.11 Å². The molecule has 0 amide bonds. The van der Waals surface area contributed by atoms with E-state index in [1.807, 2.05) is 43.3 Å². The highest BCUT2D eigenvalue weighted by Gasteiger charge is 2.10. The molecule has 2 N–H and O–H groups in total. The standard InChI is InChI=1S/C17H16BrNO3S/c1-12-2-8-16(9-3-12)23(22)19-11-14(17(20)21)10-13-4-6-15(18)7-5-13/h2-10,19H,11H2,1H3,(H,20,21)/b14-10+. The summed E-state index contributed by atoms with van der Waals surface area (Å²) in [6, 6.07) is 14.5. The highest BCUT2D eigenvalue weighted by atomic mass is 79.9. The van der Waals surface area contributed by atoms with Crippen molar-refractivity contribution in [3.8, 4) is 0 Å². The van der Waals surface area contributed by atoms with Gasteiger partial charge in [0.05, 0.1) is 10.5 Å². The summed E-state index contributed by atoms with van der Waals surface area (Å²) in [6.45, 7) is 1.95. The minimum atomic E-state index is -1.45. The van der Waals surface area contributed by atoms with Gasteiger partial charge in [-0.25, -0.2) is 13.7 Å². The fourth-order valence-corrected chi connectivity index (χ4v) is 2.94. The third-order valence-electron chi connectivity index (χ3n) is 3.11. The van der Waals surface area contributed by atoms with Gasteiger partial charge in [-0.15, -0.1) is 0 Å². The van der Waals surface area contributed by atoms with Crippen molar-refractivity contribution in [1.29, 1.82) is 0 Å². The Morgan fingerprint density at radius 1 is 1.17 bits per heavy atom. The van der Waals surface area contributed by atoms with Crippen LogP contribution in [0.5, 0.6) is 0 Å². The summed E-state index contributed by atoms with van der Waals surface area (Å²) in [5, 5.41) is 9.29. The molecule has 1 atom stereocenters. The lowest BCUT2D eigenvalue weighted by Gasteiger charge is -2.06. The molecule has 0 heterocycles. The number of halogens is 1. The van der Waals surface area contributed by atoms with E-state index in [1.54, 1.807) is 18.2 Å². The molecule has 2 aromatic rings. The normalized spacial score (nSPS) is 12.9. The van der Waals surface area contributed by atoms with Crippen LogP contribution in [0.4, 0.5) is 0 Å². The van der Waals surface area contributed by atoms with Gasteiger partial charge in [0.2, 0.25) is 0 Å². The van der Waals surface area contributed by atoms with Gasteiger partial charge in [0.15, 0.2) is 0 Å². The Morgan fingerprint density at radius 3 is 2.35 bits per heavy atom. The fraction of sp³-hybridized carbons (Fsp3) is 0.118. The minimum absolute atomic E-state index is 0.00584. The van der Waals surface area contributed by atoms with Crippen LogP contribution in [0.1, 0.15) is 11.1 Å². The first-order valence-electron chi connectivity index (χ1n) is 6.87. The average Bonchev–Trinajstić information content (AvgIpc) is 2.53. The second kappa shape index (κ2) is 8.19. The van der Waals surface area contributed by atoms with Crippen molar-refractivity contribution in [2.24, 2.45) is 0 Å². The van der Waals surface area contributed by atoms with Crippen molar-refractivity contribution in [1.82, 2.24) is 4.72 Å². The molecule has 0 spiro atoms. The van der Waals surface area contributed by atoms with Crippen LogP contribution in [0, 0.1) is 6.92 Å². The van der Waals surface area contributed by atoms with Crippen LogP contribution in [0.3, 0.4) is 0 Å². The van der Waals surface area contributed by atoms with Crippen LogP contribution >= 0.6 is 15.9 Å². The number of carboxylic acids is 1. The van der Waals surface area contributed by atoms with Gasteiger partial charge in [0.25, 0.3) is 0 Å². The molecule has 0 saturated carbocycles. The molecule has 2 rings (SSSR count). The Morgan fingerprint density at radius 2 is 1.78 bits per heavy atom. The molecule has 0 radical (unpaired) electrons. The zero-order valence-corrected chi connectivity index (χ0v) is 14.9. The van der Waals surface area contributed by atoms with Crippen LogP contribution in [0.25, 0.3) is 6.08 Å². The number of hydrogen-bond donors (Lipinski definition) is 2. The van der Waals surface area contributed by atoms with Crippen LogP contribution in [-0.4, -0.2) is 21.8 Å². The molecular formula is C17H16BrNO3S. The first kappa shape index (κ1) is 17.6. The molecule has 0 aliphatic heterocycles. The van der Waals surface area contributed by atoms with Gasteiger partial charge in [0.1, 0.15) is 11.0 Å². The summed E-state index contributed by atoms with van der Waals surface area (Å²) >= 11 is 3.33. The van der Waals surface area contributed by atoms with Crippen LogP contribution < -0.4 is 4.72 Å². The number of aliphatic carboxylic acids is 1. The number of rotatable bonds is 6. The minimum Gasteiger partial charge on any atom is -0.478 e.